The molecule has 104 valence electrons. The molecule has 0 N–H and O–H groups in total. The van der Waals surface area contributed by atoms with Gasteiger partial charge in [0, 0.05) is 12.3 Å². The lowest BCUT2D eigenvalue weighted by atomic mass is 9.90. The molecule has 0 bridgehead atoms. The third kappa shape index (κ3) is 3.14. The Labute approximate surface area is 108 Å². The number of alkyl halides is 3. The summed E-state index contributed by atoms with van der Waals surface area (Å²) in [5.41, 5.74) is -0.922. The van der Waals surface area contributed by atoms with Crippen molar-refractivity contribution in [3.8, 4) is 0 Å². The van der Waals surface area contributed by atoms with Crippen LogP contribution in [-0.4, -0.2) is 5.78 Å². The number of hydrogen-bond acceptors (Lipinski definition) is 1. The van der Waals surface area contributed by atoms with Crippen molar-refractivity contribution in [2.45, 2.75) is 44.2 Å². The molecule has 1 aliphatic rings. The van der Waals surface area contributed by atoms with Crippen LogP contribution in [-0.2, 0) is 11.0 Å². The Morgan fingerprint density at radius 2 is 1.84 bits per heavy atom. The summed E-state index contributed by atoms with van der Waals surface area (Å²) in [7, 11) is 0. The highest BCUT2D eigenvalue weighted by Gasteiger charge is 2.34. The van der Waals surface area contributed by atoms with Crippen molar-refractivity contribution < 1.29 is 22.4 Å². The maximum Gasteiger partial charge on any atom is 0.419 e. The minimum absolute atomic E-state index is 0.00309. The van der Waals surface area contributed by atoms with Crippen LogP contribution in [0.25, 0.3) is 0 Å². The van der Waals surface area contributed by atoms with E-state index in [0.29, 0.717) is 18.4 Å². The second-order valence-corrected chi connectivity index (χ2v) is 4.86. The summed E-state index contributed by atoms with van der Waals surface area (Å²) in [6.45, 7) is 0. The Morgan fingerprint density at radius 3 is 2.47 bits per heavy atom. The molecule has 0 heterocycles. The predicted octanol–water partition coefficient (Wildman–Crippen LogP) is 4.46. The summed E-state index contributed by atoms with van der Waals surface area (Å²) >= 11 is 0. The first-order chi connectivity index (χ1) is 8.89. The van der Waals surface area contributed by atoms with E-state index in [-0.39, 0.29) is 5.78 Å². The van der Waals surface area contributed by atoms with Crippen LogP contribution in [0.5, 0.6) is 0 Å². The molecule has 1 aliphatic carbocycles. The van der Waals surface area contributed by atoms with Crippen LogP contribution < -0.4 is 0 Å². The van der Waals surface area contributed by atoms with E-state index in [0.717, 1.165) is 31.4 Å². The van der Waals surface area contributed by atoms with Gasteiger partial charge in [-0.15, -0.1) is 0 Å². The minimum atomic E-state index is -4.70. The first kappa shape index (κ1) is 14.0. The van der Waals surface area contributed by atoms with Crippen molar-refractivity contribution in [1.29, 1.82) is 0 Å². The average molecular weight is 274 g/mol. The van der Waals surface area contributed by atoms with E-state index in [4.69, 9.17) is 0 Å². The van der Waals surface area contributed by atoms with Gasteiger partial charge in [-0.3, -0.25) is 4.79 Å². The highest BCUT2D eigenvalue weighted by atomic mass is 19.4. The number of carbonyl (C=O) groups excluding carboxylic acids is 1. The summed E-state index contributed by atoms with van der Waals surface area (Å²) in [4.78, 5) is 11.9. The SMILES string of the molecule is O=C1CCCCCC1c1ccc(C(F)(F)F)c(F)c1. The topological polar surface area (TPSA) is 17.1 Å². The Kier molecular flexibility index (Phi) is 3.92. The summed E-state index contributed by atoms with van der Waals surface area (Å²) in [5.74, 6) is -1.77. The first-order valence-corrected chi connectivity index (χ1v) is 6.29. The molecular weight excluding hydrogens is 260 g/mol. The molecule has 0 aliphatic heterocycles. The molecule has 0 aromatic heterocycles. The predicted molar refractivity (Wildman–Crippen MR) is 62.2 cm³/mol. The summed E-state index contributed by atoms with van der Waals surface area (Å²) in [6.07, 6.45) is -1.10. The lowest BCUT2D eigenvalue weighted by molar-refractivity contribution is -0.140. The van der Waals surface area contributed by atoms with Crippen LogP contribution in [0.3, 0.4) is 0 Å². The van der Waals surface area contributed by atoms with Crippen LogP contribution in [0.2, 0.25) is 0 Å². The van der Waals surface area contributed by atoms with Gasteiger partial charge in [0.1, 0.15) is 11.6 Å². The molecule has 1 unspecified atom stereocenters. The standard InChI is InChI=1S/C14H14F4O/c15-12-8-9(6-7-11(12)14(16,17)18)10-4-2-1-3-5-13(10)19/h6-8,10H,1-5H2. The van der Waals surface area contributed by atoms with Crippen LogP contribution in [0.4, 0.5) is 17.6 Å². The zero-order valence-corrected chi connectivity index (χ0v) is 10.3. The van der Waals surface area contributed by atoms with E-state index in [1.807, 2.05) is 0 Å². The van der Waals surface area contributed by atoms with Gasteiger partial charge in [-0.2, -0.15) is 13.2 Å². The number of rotatable bonds is 1. The summed E-state index contributed by atoms with van der Waals surface area (Å²) in [6, 6.07) is 2.80. The number of benzene rings is 1. The van der Waals surface area contributed by atoms with Crippen molar-refractivity contribution in [2.75, 3.05) is 0 Å². The summed E-state index contributed by atoms with van der Waals surface area (Å²) < 4.78 is 50.9. The van der Waals surface area contributed by atoms with E-state index < -0.39 is 23.5 Å². The van der Waals surface area contributed by atoms with Crippen molar-refractivity contribution in [1.82, 2.24) is 0 Å². The molecule has 1 saturated carbocycles. The quantitative estimate of drug-likeness (QED) is 0.545. The van der Waals surface area contributed by atoms with Crippen LogP contribution in [0.15, 0.2) is 18.2 Å². The highest BCUT2D eigenvalue weighted by Crippen LogP contribution is 2.35. The van der Waals surface area contributed by atoms with Crippen molar-refractivity contribution in [3.05, 3.63) is 35.1 Å². The zero-order chi connectivity index (χ0) is 14.0. The number of halogens is 4. The van der Waals surface area contributed by atoms with Gasteiger partial charge in [-0.1, -0.05) is 18.9 Å². The zero-order valence-electron chi connectivity index (χ0n) is 10.3. The van der Waals surface area contributed by atoms with Crippen LogP contribution >= 0.6 is 0 Å². The van der Waals surface area contributed by atoms with Gasteiger partial charge in [0.15, 0.2) is 0 Å². The Morgan fingerprint density at radius 1 is 1.11 bits per heavy atom. The van der Waals surface area contributed by atoms with Gasteiger partial charge >= 0.3 is 6.18 Å². The molecule has 0 saturated heterocycles. The maximum atomic E-state index is 13.5. The third-order valence-electron chi connectivity index (χ3n) is 3.51. The molecule has 0 amide bonds. The van der Waals surface area contributed by atoms with E-state index in [2.05, 4.69) is 0 Å². The molecule has 0 spiro atoms. The van der Waals surface area contributed by atoms with Gasteiger partial charge in [-0.25, -0.2) is 4.39 Å². The second kappa shape index (κ2) is 5.31. The maximum absolute atomic E-state index is 13.5. The molecule has 0 radical (unpaired) electrons. The Hall–Kier alpha value is -1.39. The smallest absolute Gasteiger partial charge is 0.299 e. The van der Waals surface area contributed by atoms with Crippen molar-refractivity contribution in [3.63, 3.8) is 0 Å². The van der Waals surface area contributed by atoms with Crippen LogP contribution in [0.1, 0.15) is 49.1 Å². The Balaban J connectivity index is 2.31. The number of Topliss-reactive ketones (excluding diaryl/α,β-unsaturated/α-hetero) is 1. The average Bonchev–Trinajstić information content (AvgIpc) is 2.52. The minimum Gasteiger partial charge on any atom is -0.299 e. The van der Waals surface area contributed by atoms with Crippen LogP contribution in [0, 0.1) is 5.82 Å². The fourth-order valence-corrected chi connectivity index (χ4v) is 2.49. The molecule has 1 aromatic rings. The first-order valence-electron chi connectivity index (χ1n) is 6.29. The second-order valence-electron chi connectivity index (χ2n) is 4.86. The van der Waals surface area contributed by atoms with E-state index in [1.165, 1.54) is 6.07 Å². The number of carbonyl (C=O) groups is 1. The number of hydrogen-bond donors (Lipinski definition) is 0. The van der Waals surface area contributed by atoms with Crippen molar-refractivity contribution >= 4 is 5.78 Å². The molecule has 1 aromatic carbocycles. The molecular formula is C14H14F4O. The summed E-state index contributed by atoms with van der Waals surface area (Å²) in [5, 5.41) is 0. The fraction of sp³-hybridized carbons (Fsp3) is 0.500. The van der Waals surface area contributed by atoms with Gasteiger partial charge in [0.05, 0.1) is 5.56 Å². The van der Waals surface area contributed by atoms with Gasteiger partial charge in [0.2, 0.25) is 0 Å². The molecule has 2 rings (SSSR count). The van der Waals surface area contributed by atoms with E-state index in [9.17, 15) is 22.4 Å². The Bertz CT molecular complexity index is 479. The molecule has 19 heavy (non-hydrogen) atoms. The largest absolute Gasteiger partial charge is 0.419 e. The highest BCUT2D eigenvalue weighted by molar-refractivity contribution is 5.85. The van der Waals surface area contributed by atoms with Gasteiger partial charge in [0.25, 0.3) is 0 Å². The van der Waals surface area contributed by atoms with E-state index in [1.54, 1.807) is 0 Å². The number of ketones is 1. The molecule has 5 heteroatoms. The lowest BCUT2D eigenvalue weighted by Gasteiger charge is -2.15. The van der Waals surface area contributed by atoms with Gasteiger partial charge < -0.3 is 0 Å². The monoisotopic (exact) mass is 274 g/mol. The van der Waals surface area contributed by atoms with E-state index >= 15 is 0 Å². The molecule has 1 fully saturated rings. The molecule has 1 atom stereocenters. The third-order valence-corrected chi connectivity index (χ3v) is 3.51. The normalized spacial score (nSPS) is 21.3. The van der Waals surface area contributed by atoms with Gasteiger partial charge in [-0.05, 0) is 30.5 Å². The lowest BCUT2D eigenvalue weighted by Crippen LogP contribution is -2.13. The molecule has 1 nitrogen and oxygen atoms in total. The fourth-order valence-electron chi connectivity index (χ4n) is 2.49. The van der Waals surface area contributed by atoms with Crippen molar-refractivity contribution in [2.24, 2.45) is 0 Å².